The first-order chi connectivity index (χ1) is 11.3. The van der Waals surface area contributed by atoms with Crippen LogP contribution in [0, 0.1) is 6.92 Å². The minimum absolute atomic E-state index is 0.0635. The third-order valence-electron chi connectivity index (χ3n) is 3.05. The van der Waals surface area contributed by atoms with E-state index in [1.165, 1.54) is 24.3 Å². The SMILES string of the molecule is Cc1cccc(C(=O)OCC(=O)Nc2ccc(S(N)(=O)=O)cc2)c1. The molecule has 0 unspecified atom stereocenters. The normalized spacial score (nSPS) is 10.9. The molecule has 2 aromatic carbocycles. The molecule has 8 heteroatoms. The van der Waals surface area contributed by atoms with Crippen LogP contribution < -0.4 is 10.5 Å². The van der Waals surface area contributed by atoms with Crippen LogP contribution >= 0.6 is 0 Å². The standard InChI is InChI=1S/C16H16N2O5S/c1-11-3-2-4-12(9-11)16(20)23-10-15(19)18-13-5-7-14(8-6-13)24(17,21)22/h2-9H,10H2,1H3,(H,18,19)(H2,17,21,22). The summed E-state index contributed by atoms with van der Waals surface area (Å²) in [6.07, 6.45) is 0. The lowest BCUT2D eigenvalue weighted by molar-refractivity contribution is -0.119. The molecular formula is C16H16N2O5S. The van der Waals surface area contributed by atoms with Gasteiger partial charge in [-0.25, -0.2) is 18.4 Å². The predicted octanol–water partition coefficient (Wildman–Crippen LogP) is 1.44. The Morgan fingerprint density at radius 3 is 2.38 bits per heavy atom. The summed E-state index contributed by atoms with van der Waals surface area (Å²) in [6, 6.07) is 12.1. The van der Waals surface area contributed by atoms with Crippen LogP contribution in [0.3, 0.4) is 0 Å². The average Bonchev–Trinajstić information content (AvgIpc) is 2.52. The van der Waals surface area contributed by atoms with Crippen LogP contribution in [0.15, 0.2) is 53.4 Å². The Hall–Kier alpha value is -2.71. The zero-order chi connectivity index (χ0) is 17.7. The zero-order valence-corrected chi connectivity index (χ0v) is 13.7. The van der Waals surface area contributed by atoms with E-state index in [0.29, 0.717) is 11.3 Å². The topological polar surface area (TPSA) is 116 Å². The van der Waals surface area contributed by atoms with E-state index in [-0.39, 0.29) is 4.90 Å². The second kappa shape index (κ2) is 7.24. The molecule has 0 fully saturated rings. The highest BCUT2D eigenvalue weighted by Gasteiger charge is 2.11. The van der Waals surface area contributed by atoms with Crippen LogP contribution in [0.4, 0.5) is 5.69 Å². The second-order valence-electron chi connectivity index (χ2n) is 5.06. The van der Waals surface area contributed by atoms with Crippen LogP contribution in [0.25, 0.3) is 0 Å². The summed E-state index contributed by atoms with van der Waals surface area (Å²) in [4.78, 5) is 23.5. The monoisotopic (exact) mass is 348 g/mol. The minimum atomic E-state index is -3.79. The fourth-order valence-corrected chi connectivity index (χ4v) is 2.43. The van der Waals surface area contributed by atoms with Gasteiger partial charge in [0.2, 0.25) is 10.0 Å². The number of hydrogen-bond acceptors (Lipinski definition) is 5. The number of hydrogen-bond donors (Lipinski definition) is 2. The quantitative estimate of drug-likeness (QED) is 0.793. The van der Waals surface area contributed by atoms with Crippen LogP contribution in [0.2, 0.25) is 0 Å². The van der Waals surface area contributed by atoms with Gasteiger partial charge in [0.15, 0.2) is 6.61 Å². The number of anilines is 1. The Balaban J connectivity index is 1.90. The summed E-state index contributed by atoms with van der Waals surface area (Å²) in [5.41, 5.74) is 1.63. The van der Waals surface area contributed by atoms with Crippen molar-refractivity contribution < 1.29 is 22.7 Å². The largest absolute Gasteiger partial charge is 0.452 e. The summed E-state index contributed by atoms with van der Waals surface area (Å²) in [6.45, 7) is 1.39. The van der Waals surface area contributed by atoms with E-state index in [1.54, 1.807) is 18.2 Å². The summed E-state index contributed by atoms with van der Waals surface area (Å²) in [5.74, 6) is -1.14. The molecule has 1 amide bonds. The van der Waals surface area contributed by atoms with Crippen molar-refractivity contribution in [2.75, 3.05) is 11.9 Å². The maximum Gasteiger partial charge on any atom is 0.338 e. The van der Waals surface area contributed by atoms with Gasteiger partial charge >= 0.3 is 5.97 Å². The first-order valence-electron chi connectivity index (χ1n) is 6.92. The maximum absolute atomic E-state index is 11.8. The number of sulfonamides is 1. The number of carbonyl (C=O) groups is 2. The van der Waals surface area contributed by atoms with Gasteiger partial charge in [-0.3, -0.25) is 4.79 Å². The van der Waals surface area contributed by atoms with E-state index in [1.807, 2.05) is 13.0 Å². The molecular weight excluding hydrogens is 332 g/mol. The van der Waals surface area contributed by atoms with Crippen molar-refractivity contribution in [3.05, 3.63) is 59.7 Å². The molecule has 0 bridgehead atoms. The summed E-state index contributed by atoms with van der Waals surface area (Å²) in [5, 5.41) is 7.47. The molecule has 0 aliphatic carbocycles. The molecule has 2 aromatic rings. The van der Waals surface area contributed by atoms with Crippen molar-refractivity contribution in [1.82, 2.24) is 0 Å². The molecule has 2 rings (SSSR count). The molecule has 7 nitrogen and oxygen atoms in total. The number of nitrogens with two attached hydrogens (primary N) is 1. The molecule has 0 radical (unpaired) electrons. The Bertz CT molecular complexity index is 860. The van der Waals surface area contributed by atoms with Crippen molar-refractivity contribution >= 4 is 27.6 Å². The molecule has 0 aliphatic heterocycles. The molecule has 0 spiro atoms. The fraction of sp³-hybridized carbons (Fsp3) is 0.125. The summed E-state index contributed by atoms with van der Waals surface area (Å²) < 4.78 is 27.2. The fourth-order valence-electron chi connectivity index (χ4n) is 1.91. The zero-order valence-electron chi connectivity index (χ0n) is 12.9. The molecule has 0 saturated carbocycles. The maximum atomic E-state index is 11.8. The van der Waals surface area contributed by atoms with Gasteiger partial charge in [0.1, 0.15) is 0 Å². The number of aryl methyl sites for hydroxylation is 1. The number of rotatable bonds is 5. The first kappa shape index (κ1) is 17.6. The minimum Gasteiger partial charge on any atom is -0.452 e. The van der Waals surface area contributed by atoms with E-state index in [9.17, 15) is 18.0 Å². The van der Waals surface area contributed by atoms with Gasteiger partial charge in [0.05, 0.1) is 10.5 Å². The molecule has 0 aliphatic rings. The van der Waals surface area contributed by atoms with Crippen molar-refractivity contribution in [3.8, 4) is 0 Å². The number of carbonyl (C=O) groups excluding carboxylic acids is 2. The Morgan fingerprint density at radius 2 is 1.79 bits per heavy atom. The second-order valence-corrected chi connectivity index (χ2v) is 6.62. The van der Waals surface area contributed by atoms with Crippen LogP contribution in [-0.4, -0.2) is 26.9 Å². The lowest BCUT2D eigenvalue weighted by Crippen LogP contribution is -2.21. The van der Waals surface area contributed by atoms with Crippen LogP contribution in [0.1, 0.15) is 15.9 Å². The van der Waals surface area contributed by atoms with Crippen molar-refractivity contribution in [2.24, 2.45) is 5.14 Å². The Kier molecular flexibility index (Phi) is 5.32. The highest BCUT2D eigenvalue weighted by Crippen LogP contribution is 2.12. The van der Waals surface area contributed by atoms with E-state index >= 15 is 0 Å². The van der Waals surface area contributed by atoms with Crippen molar-refractivity contribution in [1.29, 1.82) is 0 Å². The molecule has 0 saturated heterocycles. The highest BCUT2D eigenvalue weighted by atomic mass is 32.2. The van der Waals surface area contributed by atoms with Crippen molar-refractivity contribution in [2.45, 2.75) is 11.8 Å². The predicted molar refractivity (Wildman–Crippen MR) is 87.9 cm³/mol. The van der Waals surface area contributed by atoms with Gasteiger partial charge in [-0.2, -0.15) is 0 Å². The number of amides is 1. The molecule has 24 heavy (non-hydrogen) atoms. The summed E-state index contributed by atoms with van der Waals surface area (Å²) in [7, 11) is -3.79. The number of benzene rings is 2. The first-order valence-corrected chi connectivity index (χ1v) is 8.47. The average molecular weight is 348 g/mol. The highest BCUT2D eigenvalue weighted by molar-refractivity contribution is 7.89. The van der Waals surface area contributed by atoms with E-state index in [4.69, 9.17) is 9.88 Å². The molecule has 0 aromatic heterocycles. The molecule has 126 valence electrons. The number of ether oxygens (including phenoxy) is 1. The van der Waals surface area contributed by atoms with Gasteiger partial charge < -0.3 is 10.1 Å². The van der Waals surface area contributed by atoms with Gasteiger partial charge in [0, 0.05) is 5.69 Å². The molecule has 0 heterocycles. The third kappa shape index (κ3) is 4.90. The van der Waals surface area contributed by atoms with Gasteiger partial charge in [-0.05, 0) is 43.3 Å². The third-order valence-corrected chi connectivity index (χ3v) is 3.98. The van der Waals surface area contributed by atoms with E-state index < -0.39 is 28.5 Å². The Labute approximate surface area is 139 Å². The molecule has 0 atom stereocenters. The summed E-state index contributed by atoms with van der Waals surface area (Å²) >= 11 is 0. The number of esters is 1. The Morgan fingerprint density at radius 1 is 1.12 bits per heavy atom. The van der Waals surface area contributed by atoms with Crippen LogP contribution in [0.5, 0.6) is 0 Å². The number of nitrogens with one attached hydrogen (secondary N) is 1. The number of primary sulfonamides is 1. The van der Waals surface area contributed by atoms with Gasteiger partial charge in [0.25, 0.3) is 5.91 Å². The van der Waals surface area contributed by atoms with E-state index in [0.717, 1.165) is 5.56 Å². The lowest BCUT2D eigenvalue weighted by Gasteiger charge is -2.07. The van der Waals surface area contributed by atoms with Gasteiger partial charge in [-0.1, -0.05) is 17.7 Å². The van der Waals surface area contributed by atoms with Crippen molar-refractivity contribution in [3.63, 3.8) is 0 Å². The smallest absolute Gasteiger partial charge is 0.338 e. The van der Waals surface area contributed by atoms with Crippen LogP contribution in [-0.2, 0) is 19.6 Å². The lowest BCUT2D eigenvalue weighted by atomic mass is 10.1. The van der Waals surface area contributed by atoms with Gasteiger partial charge in [-0.15, -0.1) is 0 Å². The molecule has 3 N–H and O–H groups in total. The van der Waals surface area contributed by atoms with E-state index in [2.05, 4.69) is 5.32 Å².